The summed E-state index contributed by atoms with van der Waals surface area (Å²) in [6, 6.07) is 0. The summed E-state index contributed by atoms with van der Waals surface area (Å²) in [5, 5.41) is 27.6. The first-order valence-electron chi connectivity index (χ1n) is 5.28. The first-order chi connectivity index (χ1) is 8.47. The topological polar surface area (TPSA) is 101 Å². The molecule has 0 amide bonds. The van der Waals surface area contributed by atoms with Crippen molar-refractivity contribution in [2.45, 2.75) is 26.0 Å². The van der Waals surface area contributed by atoms with Crippen molar-refractivity contribution in [3.8, 4) is 0 Å². The van der Waals surface area contributed by atoms with Crippen LogP contribution in [0, 0.1) is 24.0 Å². The highest BCUT2D eigenvalue weighted by atomic mass is 35.5. The number of halogens is 1. The Balaban J connectivity index is 0.000000631. The van der Waals surface area contributed by atoms with Crippen molar-refractivity contribution in [1.29, 1.82) is 0 Å². The summed E-state index contributed by atoms with van der Waals surface area (Å²) in [6.45, 7) is 5.28. The minimum absolute atomic E-state index is 0.0365. The number of aryl methyl sites for hydroxylation is 1. The Labute approximate surface area is 110 Å². The summed E-state index contributed by atoms with van der Waals surface area (Å²) < 4.78 is 1.33. The van der Waals surface area contributed by atoms with Gasteiger partial charge < -0.3 is 20.3 Å². The molecule has 1 atom stereocenters. The Morgan fingerprint density at radius 1 is 1.72 bits per heavy atom. The molecule has 7 nitrogen and oxygen atoms in total. The molecule has 1 heterocycles. The molecule has 0 aromatic carbocycles. The van der Waals surface area contributed by atoms with Gasteiger partial charge in [-0.25, -0.2) is 9.55 Å². The molecule has 0 aliphatic heterocycles. The summed E-state index contributed by atoms with van der Waals surface area (Å²) in [7, 11) is 0. The number of hydrogen-bond donors (Lipinski definition) is 2. The summed E-state index contributed by atoms with van der Waals surface area (Å²) >= 11 is 5.40. The number of imidazole rings is 1. The molecule has 1 rings (SSSR count). The number of alkyl halides is 1. The minimum Gasteiger partial charge on any atom is -0.396 e. The van der Waals surface area contributed by atoms with Gasteiger partial charge in [0.1, 0.15) is 18.8 Å². The predicted molar refractivity (Wildman–Crippen MR) is 67.4 cm³/mol. The van der Waals surface area contributed by atoms with Crippen LogP contribution in [-0.4, -0.2) is 43.3 Å². The van der Waals surface area contributed by atoms with Crippen molar-refractivity contribution in [3.05, 3.63) is 29.1 Å². The van der Waals surface area contributed by atoms with E-state index < -0.39 is 11.0 Å². The molecule has 0 saturated heterocycles. The molecular formula is C10H17ClN3O4. The van der Waals surface area contributed by atoms with E-state index in [1.54, 1.807) is 6.92 Å². The molecule has 0 fully saturated rings. The maximum absolute atomic E-state index is 10.5. The Bertz CT molecular complexity index is 368. The molecule has 0 aliphatic rings. The van der Waals surface area contributed by atoms with Gasteiger partial charge in [-0.3, -0.25) is 0 Å². The Morgan fingerprint density at radius 2 is 2.28 bits per heavy atom. The zero-order valence-electron chi connectivity index (χ0n) is 10.1. The molecule has 1 radical (unpaired) electrons. The van der Waals surface area contributed by atoms with Gasteiger partial charge in [0.2, 0.25) is 0 Å². The van der Waals surface area contributed by atoms with Gasteiger partial charge >= 0.3 is 5.82 Å². The van der Waals surface area contributed by atoms with E-state index in [9.17, 15) is 15.2 Å². The molecular weight excluding hydrogens is 262 g/mol. The van der Waals surface area contributed by atoms with Crippen molar-refractivity contribution >= 4 is 17.4 Å². The average molecular weight is 279 g/mol. The highest BCUT2D eigenvalue weighted by molar-refractivity contribution is 6.18. The van der Waals surface area contributed by atoms with E-state index in [4.69, 9.17) is 16.7 Å². The van der Waals surface area contributed by atoms with E-state index in [1.807, 2.05) is 0 Å². The van der Waals surface area contributed by atoms with Crippen molar-refractivity contribution in [3.63, 3.8) is 0 Å². The van der Waals surface area contributed by atoms with Gasteiger partial charge in [-0.1, -0.05) is 6.92 Å². The van der Waals surface area contributed by atoms with Crippen LogP contribution in [0.15, 0.2) is 6.20 Å². The van der Waals surface area contributed by atoms with Crippen LogP contribution in [0.1, 0.15) is 12.2 Å². The Hall–Kier alpha value is -1.18. The smallest absolute Gasteiger partial charge is 0.342 e. The van der Waals surface area contributed by atoms with Crippen molar-refractivity contribution < 1.29 is 15.1 Å². The van der Waals surface area contributed by atoms with Crippen molar-refractivity contribution in [2.75, 3.05) is 12.5 Å². The summed E-state index contributed by atoms with van der Waals surface area (Å²) in [5.74, 6) is 0.391. The molecule has 103 valence electrons. The molecule has 18 heavy (non-hydrogen) atoms. The maximum Gasteiger partial charge on any atom is 0.342 e. The molecule has 1 unspecified atom stereocenters. The molecule has 0 saturated carbocycles. The lowest BCUT2D eigenvalue weighted by Gasteiger charge is -2.06. The van der Waals surface area contributed by atoms with Crippen LogP contribution in [0.4, 0.5) is 5.82 Å². The number of nitrogens with zero attached hydrogens (tertiary/aromatic N) is 3. The zero-order chi connectivity index (χ0) is 14.1. The van der Waals surface area contributed by atoms with Crippen LogP contribution in [0.3, 0.4) is 0 Å². The van der Waals surface area contributed by atoms with E-state index >= 15 is 0 Å². The van der Waals surface area contributed by atoms with Gasteiger partial charge in [-0.05, 0) is 11.3 Å². The fraction of sp³-hybridized carbons (Fsp3) is 0.600. The minimum atomic E-state index is -0.803. The lowest BCUT2D eigenvalue weighted by molar-refractivity contribution is -0.392. The third kappa shape index (κ3) is 5.44. The first-order valence-corrected chi connectivity index (χ1v) is 5.82. The van der Waals surface area contributed by atoms with E-state index in [0.717, 1.165) is 6.20 Å². The quantitative estimate of drug-likeness (QED) is 0.473. The van der Waals surface area contributed by atoms with Gasteiger partial charge in [0, 0.05) is 13.5 Å². The Morgan fingerprint density at radius 3 is 2.67 bits per heavy atom. The molecule has 0 bridgehead atoms. The summed E-state index contributed by atoms with van der Waals surface area (Å²) in [6.07, 6.45) is 0.985. The number of aromatic nitrogens is 2. The van der Waals surface area contributed by atoms with Crippen molar-refractivity contribution in [1.82, 2.24) is 9.55 Å². The van der Waals surface area contributed by atoms with Crippen LogP contribution in [0.25, 0.3) is 0 Å². The highest BCUT2D eigenvalue weighted by Gasteiger charge is 2.19. The van der Waals surface area contributed by atoms with Crippen LogP contribution in [0.5, 0.6) is 0 Å². The van der Waals surface area contributed by atoms with Gasteiger partial charge in [-0.2, -0.15) is 0 Å². The fourth-order valence-corrected chi connectivity index (χ4v) is 1.18. The second-order valence-electron chi connectivity index (χ2n) is 3.42. The van der Waals surface area contributed by atoms with Gasteiger partial charge in [0.25, 0.3) is 0 Å². The molecule has 0 spiro atoms. The van der Waals surface area contributed by atoms with Crippen molar-refractivity contribution in [2.24, 2.45) is 0 Å². The zero-order valence-corrected chi connectivity index (χ0v) is 10.9. The molecule has 1 aromatic heterocycles. The standard InChI is InChI=1S/C7H10ClN3O3.C3H7O/c1-5-9-3-7(11(13)14)10(5)4-6(12)2-8;1-2-3-4/h3,6,12H,2,4H2,1H3;4H,1-3H2. The highest BCUT2D eigenvalue weighted by Crippen LogP contribution is 2.14. The second kappa shape index (κ2) is 8.84. The lowest BCUT2D eigenvalue weighted by atomic mass is 10.4. The van der Waals surface area contributed by atoms with Crippen LogP contribution in [0.2, 0.25) is 0 Å². The van der Waals surface area contributed by atoms with Gasteiger partial charge in [0.05, 0.1) is 5.88 Å². The number of rotatable bonds is 5. The molecule has 1 aromatic rings. The van der Waals surface area contributed by atoms with Crippen LogP contribution < -0.4 is 0 Å². The van der Waals surface area contributed by atoms with Gasteiger partial charge in [-0.15, -0.1) is 11.6 Å². The van der Waals surface area contributed by atoms with E-state index in [1.165, 1.54) is 4.57 Å². The lowest BCUT2D eigenvalue weighted by Crippen LogP contribution is -2.19. The predicted octanol–water partition coefficient (Wildman–Crippen LogP) is 0.902. The Kier molecular flexibility index (Phi) is 8.27. The fourth-order valence-electron chi connectivity index (χ4n) is 1.09. The summed E-state index contributed by atoms with van der Waals surface area (Å²) in [4.78, 5) is 13.8. The monoisotopic (exact) mass is 278 g/mol. The first kappa shape index (κ1) is 16.8. The average Bonchev–Trinajstić information content (AvgIpc) is 2.71. The second-order valence-corrected chi connectivity index (χ2v) is 3.73. The van der Waals surface area contributed by atoms with Crippen LogP contribution >= 0.6 is 11.6 Å². The van der Waals surface area contributed by atoms with Crippen LogP contribution in [-0.2, 0) is 6.54 Å². The molecule has 8 heteroatoms. The number of nitro groups is 1. The summed E-state index contributed by atoms with van der Waals surface area (Å²) in [5.41, 5.74) is 0. The van der Waals surface area contributed by atoms with Gasteiger partial charge in [0.15, 0.2) is 5.82 Å². The van der Waals surface area contributed by atoms with E-state index in [0.29, 0.717) is 12.2 Å². The third-order valence-corrected chi connectivity index (χ3v) is 2.31. The van der Waals surface area contributed by atoms with E-state index in [2.05, 4.69) is 11.9 Å². The largest absolute Gasteiger partial charge is 0.396 e. The number of hydrogen-bond acceptors (Lipinski definition) is 5. The number of aliphatic hydroxyl groups is 2. The maximum atomic E-state index is 10.5. The SMILES string of the molecule is Cc1ncc([N+](=O)[O-])n1CC(O)CCl.[CH2]CCO. The normalized spacial score (nSPS) is 11.6. The number of aliphatic hydroxyl groups excluding tert-OH is 2. The van der Waals surface area contributed by atoms with E-state index in [-0.39, 0.29) is 24.8 Å². The molecule has 2 N–H and O–H groups in total. The molecule has 0 aliphatic carbocycles. The third-order valence-electron chi connectivity index (χ3n) is 1.95.